The zero-order chi connectivity index (χ0) is 29.4. The van der Waals surface area contributed by atoms with E-state index in [2.05, 4.69) is 16.0 Å². The van der Waals surface area contributed by atoms with Crippen LogP contribution in [0.15, 0.2) is 48.5 Å². The van der Waals surface area contributed by atoms with E-state index in [0.717, 1.165) is 0 Å². The highest BCUT2D eigenvalue weighted by atomic mass is 35.5. The van der Waals surface area contributed by atoms with Gasteiger partial charge in [-0.05, 0) is 49.1 Å². The summed E-state index contributed by atoms with van der Waals surface area (Å²) in [5, 5.41) is 20.6. The molecule has 2 aromatic rings. The molecule has 1 aliphatic heterocycles. The van der Waals surface area contributed by atoms with Gasteiger partial charge in [-0.3, -0.25) is 14.4 Å². The zero-order valence-corrected chi connectivity index (χ0v) is 23.8. The van der Waals surface area contributed by atoms with Gasteiger partial charge in [0.25, 0.3) is 11.8 Å². The molecule has 40 heavy (non-hydrogen) atoms. The molecule has 0 bridgehead atoms. The average Bonchev–Trinajstić information content (AvgIpc) is 3.12. The molecule has 1 aliphatic rings. The fraction of sp³-hybridized carbons (Fsp3) is 0.429. The van der Waals surface area contributed by atoms with Crippen molar-refractivity contribution in [3.8, 4) is 5.75 Å². The van der Waals surface area contributed by atoms with Crippen LogP contribution in [0, 0.1) is 5.41 Å². The number of hydrogen-bond donors (Lipinski definition) is 4. The van der Waals surface area contributed by atoms with E-state index >= 15 is 0 Å². The summed E-state index contributed by atoms with van der Waals surface area (Å²) in [6.45, 7) is 6.16. The summed E-state index contributed by atoms with van der Waals surface area (Å²) in [4.78, 5) is 50.5. The molecule has 0 spiro atoms. The largest absolute Gasteiger partial charge is 0.493 e. The SMILES string of the molecule is CCOc1ccc(Cl)cc1C(=O)NCC(C)(C)CC(=O)NC1C(=O)N(c2ccccc2)N(C)C1CCNC(=O)O. The van der Waals surface area contributed by atoms with Crippen LogP contribution in [0.3, 0.4) is 0 Å². The minimum atomic E-state index is -1.16. The van der Waals surface area contributed by atoms with E-state index < -0.39 is 23.6 Å². The summed E-state index contributed by atoms with van der Waals surface area (Å²) in [5.74, 6) is -0.653. The molecule has 0 saturated carbocycles. The number of anilines is 1. The first-order chi connectivity index (χ1) is 18.9. The maximum atomic E-state index is 13.5. The number of hydrazine groups is 1. The van der Waals surface area contributed by atoms with E-state index in [1.807, 2.05) is 26.8 Å². The first-order valence-corrected chi connectivity index (χ1v) is 13.4. The van der Waals surface area contributed by atoms with Crippen LogP contribution in [-0.2, 0) is 9.59 Å². The van der Waals surface area contributed by atoms with Crippen molar-refractivity contribution < 1.29 is 29.0 Å². The normalized spacial score (nSPS) is 17.4. The number of hydrogen-bond acceptors (Lipinski definition) is 6. The quantitative estimate of drug-likeness (QED) is 0.305. The Balaban J connectivity index is 1.67. The van der Waals surface area contributed by atoms with Crippen LogP contribution in [-0.4, -0.2) is 72.8 Å². The van der Waals surface area contributed by atoms with Crippen molar-refractivity contribution in [1.82, 2.24) is 21.0 Å². The second-order valence-corrected chi connectivity index (χ2v) is 10.7. The Bertz CT molecular complexity index is 1220. The van der Waals surface area contributed by atoms with Crippen molar-refractivity contribution in [2.24, 2.45) is 5.41 Å². The molecule has 4 amide bonds. The van der Waals surface area contributed by atoms with Crippen LogP contribution < -0.4 is 25.7 Å². The molecule has 0 radical (unpaired) electrons. The van der Waals surface area contributed by atoms with E-state index in [4.69, 9.17) is 21.4 Å². The van der Waals surface area contributed by atoms with Gasteiger partial charge in [0.15, 0.2) is 0 Å². The molecular formula is C28H36ClN5O6. The summed E-state index contributed by atoms with van der Waals surface area (Å²) >= 11 is 6.08. The van der Waals surface area contributed by atoms with Crippen LogP contribution in [0.2, 0.25) is 5.02 Å². The molecule has 0 aromatic heterocycles. The number of para-hydroxylation sites is 1. The van der Waals surface area contributed by atoms with Gasteiger partial charge in [-0.15, -0.1) is 0 Å². The van der Waals surface area contributed by atoms with E-state index in [-0.39, 0.29) is 37.2 Å². The van der Waals surface area contributed by atoms with E-state index in [1.54, 1.807) is 48.5 Å². The highest BCUT2D eigenvalue weighted by Crippen LogP contribution is 2.29. The first-order valence-electron chi connectivity index (χ1n) is 13.0. The fourth-order valence-electron chi connectivity index (χ4n) is 4.63. The molecule has 1 fully saturated rings. The van der Waals surface area contributed by atoms with Gasteiger partial charge >= 0.3 is 6.09 Å². The number of ether oxygens (including phenoxy) is 1. The maximum absolute atomic E-state index is 13.5. The monoisotopic (exact) mass is 573 g/mol. The molecule has 3 rings (SSSR count). The van der Waals surface area contributed by atoms with E-state index in [9.17, 15) is 19.2 Å². The molecule has 12 heteroatoms. The highest BCUT2D eigenvalue weighted by Gasteiger charge is 2.46. The summed E-state index contributed by atoms with van der Waals surface area (Å²) in [5.41, 5.74) is 0.281. The summed E-state index contributed by atoms with van der Waals surface area (Å²) in [6.07, 6.45) is -0.841. The molecule has 11 nitrogen and oxygen atoms in total. The first kappa shape index (κ1) is 30.7. The molecule has 2 aromatic carbocycles. The Morgan fingerprint density at radius 1 is 1.10 bits per heavy atom. The number of nitrogens with zero attached hydrogens (tertiary/aromatic N) is 2. The van der Waals surface area contributed by atoms with Crippen LogP contribution in [0.5, 0.6) is 5.75 Å². The molecule has 1 heterocycles. The third kappa shape index (κ3) is 7.86. The Kier molecular flexibility index (Phi) is 10.4. The van der Waals surface area contributed by atoms with Gasteiger partial charge in [0.2, 0.25) is 5.91 Å². The third-order valence-electron chi connectivity index (χ3n) is 6.54. The number of benzene rings is 2. The zero-order valence-electron chi connectivity index (χ0n) is 23.1. The molecule has 4 N–H and O–H groups in total. The van der Waals surface area contributed by atoms with Crippen LogP contribution >= 0.6 is 11.6 Å². The van der Waals surface area contributed by atoms with Crippen molar-refractivity contribution in [1.29, 1.82) is 0 Å². The Morgan fingerprint density at radius 3 is 2.45 bits per heavy atom. The second kappa shape index (κ2) is 13.5. The Labute approximate surface area is 238 Å². The number of nitrogens with one attached hydrogen (secondary N) is 3. The van der Waals surface area contributed by atoms with Gasteiger partial charge in [0, 0.05) is 31.6 Å². The van der Waals surface area contributed by atoms with Gasteiger partial charge in [0.05, 0.1) is 23.9 Å². The number of carbonyl (C=O) groups is 4. The van der Waals surface area contributed by atoms with Crippen LogP contribution in [0.25, 0.3) is 0 Å². The third-order valence-corrected chi connectivity index (χ3v) is 6.78. The Hall–Kier alpha value is -3.83. The fourth-order valence-corrected chi connectivity index (χ4v) is 4.80. The molecule has 2 atom stereocenters. The van der Waals surface area contributed by atoms with Gasteiger partial charge in [-0.1, -0.05) is 43.6 Å². The predicted molar refractivity (Wildman–Crippen MR) is 151 cm³/mol. The lowest BCUT2D eigenvalue weighted by Gasteiger charge is -2.28. The van der Waals surface area contributed by atoms with Crippen LogP contribution in [0.4, 0.5) is 10.5 Å². The Morgan fingerprint density at radius 2 is 1.80 bits per heavy atom. The average molecular weight is 574 g/mol. The summed E-state index contributed by atoms with van der Waals surface area (Å²) in [7, 11) is 1.73. The number of halogens is 1. The summed E-state index contributed by atoms with van der Waals surface area (Å²) < 4.78 is 5.53. The maximum Gasteiger partial charge on any atom is 0.404 e. The smallest absolute Gasteiger partial charge is 0.404 e. The minimum absolute atomic E-state index is 0.0278. The number of carboxylic acid groups (broad SMARTS) is 1. The van der Waals surface area contributed by atoms with Crippen LogP contribution in [0.1, 0.15) is 44.0 Å². The predicted octanol–water partition coefficient (Wildman–Crippen LogP) is 3.29. The molecule has 0 aliphatic carbocycles. The number of rotatable bonds is 12. The van der Waals surface area contributed by atoms with Crippen molar-refractivity contribution in [3.63, 3.8) is 0 Å². The minimum Gasteiger partial charge on any atom is -0.493 e. The van der Waals surface area contributed by atoms with Gasteiger partial charge in [-0.25, -0.2) is 14.8 Å². The second-order valence-electron chi connectivity index (χ2n) is 10.3. The van der Waals surface area contributed by atoms with Crippen molar-refractivity contribution in [2.45, 2.75) is 45.7 Å². The standard InChI is InChI=1S/C28H36ClN5O6/c1-5-40-22-12-11-18(29)15-20(22)25(36)31-17-28(2,3)16-23(35)32-24-21(13-14-30-27(38)39)33(4)34(26(24)37)19-9-7-6-8-10-19/h6-12,15,21,24,30H,5,13-14,16-17H2,1-4H3,(H,31,36)(H,32,35)(H,38,39). The number of amides is 4. The highest BCUT2D eigenvalue weighted by molar-refractivity contribution is 6.31. The lowest BCUT2D eigenvalue weighted by Crippen LogP contribution is -2.49. The molecular weight excluding hydrogens is 538 g/mol. The topological polar surface area (TPSA) is 140 Å². The molecule has 1 saturated heterocycles. The lowest BCUT2D eigenvalue weighted by molar-refractivity contribution is -0.128. The van der Waals surface area contributed by atoms with Gasteiger partial charge in [-0.2, -0.15) is 0 Å². The van der Waals surface area contributed by atoms with Gasteiger partial charge in [0.1, 0.15) is 11.8 Å². The van der Waals surface area contributed by atoms with Crippen molar-refractivity contribution in [3.05, 3.63) is 59.1 Å². The van der Waals surface area contributed by atoms with E-state index in [1.165, 1.54) is 11.1 Å². The van der Waals surface area contributed by atoms with E-state index in [0.29, 0.717) is 35.1 Å². The van der Waals surface area contributed by atoms with Crippen molar-refractivity contribution in [2.75, 3.05) is 31.8 Å². The van der Waals surface area contributed by atoms with Crippen molar-refractivity contribution >= 4 is 41.1 Å². The number of carbonyl (C=O) groups excluding carboxylic acids is 3. The molecule has 216 valence electrons. The van der Waals surface area contributed by atoms with Gasteiger partial charge < -0.3 is 25.8 Å². The summed E-state index contributed by atoms with van der Waals surface area (Å²) in [6, 6.07) is 12.5. The number of likely N-dealkylation sites (N-methyl/N-ethyl adjacent to an activating group) is 1. The molecule has 2 unspecified atom stereocenters. The lowest BCUT2D eigenvalue weighted by atomic mass is 9.88.